The molecular formula is C20H32N2O2. The summed E-state index contributed by atoms with van der Waals surface area (Å²) in [5.74, 6) is 0.482. The highest BCUT2D eigenvalue weighted by atomic mass is 16.3. The number of benzene rings is 1. The van der Waals surface area contributed by atoms with E-state index >= 15 is 0 Å². The van der Waals surface area contributed by atoms with Gasteiger partial charge in [-0.1, -0.05) is 26.0 Å². The number of likely N-dealkylation sites (tertiary alicyclic amines) is 1. The van der Waals surface area contributed by atoms with Gasteiger partial charge in [-0.2, -0.15) is 0 Å². The average Bonchev–Trinajstić information content (AvgIpc) is 2.62. The number of hydrogen-bond acceptors (Lipinski definition) is 3. The molecule has 0 spiro atoms. The van der Waals surface area contributed by atoms with Crippen molar-refractivity contribution in [1.29, 1.82) is 0 Å². The van der Waals surface area contributed by atoms with Crippen LogP contribution in [-0.4, -0.2) is 41.1 Å². The number of aliphatic hydroxyl groups excluding tert-OH is 1. The summed E-state index contributed by atoms with van der Waals surface area (Å²) in [6.07, 6.45) is 4.00. The van der Waals surface area contributed by atoms with Crippen LogP contribution in [0.15, 0.2) is 24.3 Å². The fourth-order valence-electron chi connectivity index (χ4n) is 3.12. The predicted molar refractivity (Wildman–Crippen MR) is 98.0 cm³/mol. The third-order valence-electron chi connectivity index (χ3n) is 5.56. The number of aliphatic hydroxyl groups is 1. The fourth-order valence-corrected chi connectivity index (χ4v) is 3.12. The molecule has 1 saturated heterocycles. The van der Waals surface area contributed by atoms with Crippen molar-refractivity contribution >= 4 is 5.91 Å². The summed E-state index contributed by atoms with van der Waals surface area (Å²) < 4.78 is 0. The second kappa shape index (κ2) is 8.63. The van der Waals surface area contributed by atoms with E-state index in [2.05, 4.69) is 43.1 Å². The molecule has 4 heteroatoms. The standard InChI is InChI=1S/C20H32N2O2/c1-4-20(3,5-2)21-19(24)18-8-6-16(7-9-18)14-22-12-10-17(15-23)11-13-22/h6-9,17,23H,4-5,10-15H2,1-3H3,(H,21,24). The van der Waals surface area contributed by atoms with E-state index in [0.717, 1.165) is 50.9 Å². The molecule has 134 valence electrons. The van der Waals surface area contributed by atoms with Gasteiger partial charge in [0, 0.05) is 24.3 Å². The third kappa shape index (κ3) is 5.05. The highest BCUT2D eigenvalue weighted by Gasteiger charge is 2.22. The molecule has 1 fully saturated rings. The highest BCUT2D eigenvalue weighted by Crippen LogP contribution is 2.19. The first kappa shape index (κ1) is 18.9. The SMILES string of the molecule is CCC(C)(CC)NC(=O)c1ccc(CN2CCC(CO)CC2)cc1. The lowest BCUT2D eigenvalue weighted by Crippen LogP contribution is -2.44. The molecule has 0 unspecified atom stereocenters. The number of carbonyl (C=O) groups excluding carboxylic acids is 1. The maximum absolute atomic E-state index is 12.4. The van der Waals surface area contributed by atoms with Crippen molar-refractivity contribution in [2.75, 3.05) is 19.7 Å². The van der Waals surface area contributed by atoms with Gasteiger partial charge in [-0.05, 0) is 69.3 Å². The minimum absolute atomic E-state index is 0.0107. The van der Waals surface area contributed by atoms with Crippen LogP contribution in [0.1, 0.15) is 62.4 Å². The Morgan fingerprint density at radius 1 is 1.21 bits per heavy atom. The van der Waals surface area contributed by atoms with Crippen molar-refractivity contribution in [2.24, 2.45) is 5.92 Å². The van der Waals surface area contributed by atoms with Crippen molar-refractivity contribution in [3.63, 3.8) is 0 Å². The van der Waals surface area contributed by atoms with Gasteiger partial charge in [0.25, 0.3) is 5.91 Å². The van der Waals surface area contributed by atoms with E-state index in [1.165, 1.54) is 5.56 Å². The molecule has 1 aliphatic heterocycles. The Labute approximate surface area is 146 Å². The van der Waals surface area contributed by atoms with E-state index in [1.807, 2.05) is 12.1 Å². The van der Waals surface area contributed by atoms with E-state index in [-0.39, 0.29) is 11.4 Å². The van der Waals surface area contributed by atoms with Crippen LogP contribution in [0.2, 0.25) is 0 Å². The van der Waals surface area contributed by atoms with E-state index in [9.17, 15) is 9.90 Å². The van der Waals surface area contributed by atoms with Crippen LogP contribution in [-0.2, 0) is 6.54 Å². The molecule has 1 aromatic rings. The topological polar surface area (TPSA) is 52.6 Å². The Kier molecular flexibility index (Phi) is 6.81. The fraction of sp³-hybridized carbons (Fsp3) is 0.650. The molecule has 1 aliphatic rings. The maximum Gasteiger partial charge on any atom is 0.251 e. The Morgan fingerprint density at radius 3 is 2.29 bits per heavy atom. The minimum atomic E-state index is -0.132. The van der Waals surface area contributed by atoms with E-state index in [4.69, 9.17) is 0 Å². The molecule has 0 aliphatic carbocycles. The van der Waals surface area contributed by atoms with Gasteiger partial charge in [-0.15, -0.1) is 0 Å². The van der Waals surface area contributed by atoms with Gasteiger partial charge in [-0.25, -0.2) is 0 Å². The van der Waals surface area contributed by atoms with Gasteiger partial charge < -0.3 is 10.4 Å². The summed E-state index contributed by atoms with van der Waals surface area (Å²) in [6, 6.07) is 7.97. The monoisotopic (exact) mass is 332 g/mol. The van der Waals surface area contributed by atoms with Crippen LogP contribution in [0.4, 0.5) is 0 Å². The van der Waals surface area contributed by atoms with Crippen molar-refractivity contribution in [3.05, 3.63) is 35.4 Å². The number of nitrogens with one attached hydrogen (secondary N) is 1. The largest absolute Gasteiger partial charge is 0.396 e. The molecule has 1 aromatic carbocycles. The van der Waals surface area contributed by atoms with Gasteiger partial charge >= 0.3 is 0 Å². The first-order valence-corrected chi connectivity index (χ1v) is 9.24. The number of nitrogens with zero attached hydrogens (tertiary/aromatic N) is 1. The van der Waals surface area contributed by atoms with Crippen molar-refractivity contribution in [3.8, 4) is 0 Å². The summed E-state index contributed by atoms with van der Waals surface area (Å²) >= 11 is 0. The molecular weight excluding hydrogens is 300 g/mol. The molecule has 2 N–H and O–H groups in total. The van der Waals surface area contributed by atoms with Crippen molar-refractivity contribution in [2.45, 2.75) is 58.5 Å². The molecule has 1 heterocycles. The van der Waals surface area contributed by atoms with Crippen LogP contribution in [0.5, 0.6) is 0 Å². The average molecular weight is 332 g/mol. The minimum Gasteiger partial charge on any atom is -0.396 e. The van der Waals surface area contributed by atoms with Crippen LogP contribution in [0, 0.1) is 5.92 Å². The van der Waals surface area contributed by atoms with Crippen LogP contribution in [0.3, 0.4) is 0 Å². The van der Waals surface area contributed by atoms with Crippen molar-refractivity contribution in [1.82, 2.24) is 10.2 Å². The summed E-state index contributed by atoms with van der Waals surface area (Å²) in [4.78, 5) is 14.8. The maximum atomic E-state index is 12.4. The zero-order chi connectivity index (χ0) is 17.6. The molecule has 0 aromatic heterocycles. The van der Waals surface area contributed by atoms with E-state index in [1.54, 1.807) is 0 Å². The molecule has 0 radical (unpaired) electrons. The lowest BCUT2D eigenvalue weighted by atomic mass is 9.95. The van der Waals surface area contributed by atoms with Gasteiger partial charge in [0.2, 0.25) is 0 Å². The quantitative estimate of drug-likeness (QED) is 0.806. The molecule has 4 nitrogen and oxygen atoms in total. The van der Waals surface area contributed by atoms with Crippen LogP contribution in [0.25, 0.3) is 0 Å². The third-order valence-corrected chi connectivity index (χ3v) is 5.56. The molecule has 24 heavy (non-hydrogen) atoms. The molecule has 0 bridgehead atoms. The zero-order valence-corrected chi connectivity index (χ0v) is 15.3. The summed E-state index contributed by atoms with van der Waals surface area (Å²) in [5, 5.41) is 12.4. The number of hydrogen-bond donors (Lipinski definition) is 2. The zero-order valence-electron chi connectivity index (χ0n) is 15.3. The Bertz CT molecular complexity index is 515. The van der Waals surface area contributed by atoms with Gasteiger partial charge in [0.1, 0.15) is 0 Å². The molecule has 0 atom stereocenters. The molecule has 1 amide bonds. The van der Waals surface area contributed by atoms with E-state index in [0.29, 0.717) is 12.5 Å². The summed E-state index contributed by atoms with van der Waals surface area (Å²) in [7, 11) is 0. The van der Waals surface area contributed by atoms with Crippen LogP contribution >= 0.6 is 0 Å². The first-order chi connectivity index (χ1) is 11.5. The second-order valence-corrected chi connectivity index (χ2v) is 7.32. The smallest absolute Gasteiger partial charge is 0.251 e. The Balaban J connectivity index is 1.90. The number of amides is 1. The van der Waals surface area contributed by atoms with Crippen LogP contribution < -0.4 is 5.32 Å². The summed E-state index contributed by atoms with van der Waals surface area (Å²) in [6.45, 7) is 9.61. The molecule has 2 rings (SSSR count). The highest BCUT2D eigenvalue weighted by molar-refractivity contribution is 5.94. The van der Waals surface area contributed by atoms with Gasteiger partial charge in [0.15, 0.2) is 0 Å². The lowest BCUT2D eigenvalue weighted by molar-refractivity contribution is 0.0901. The van der Waals surface area contributed by atoms with Crippen molar-refractivity contribution < 1.29 is 9.90 Å². The van der Waals surface area contributed by atoms with E-state index < -0.39 is 0 Å². The normalized spacial score (nSPS) is 17.0. The number of carbonyl (C=O) groups is 1. The predicted octanol–water partition coefficient (Wildman–Crippen LogP) is 3.20. The Morgan fingerprint density at radius 2 is 1.79 bits per heavy atom. The van der Waals surface area contributed by atoms with Gasteiger partial charge in [-0.3, -0.25) is 9.69 Å². The Hall–Kier alpha value is -1.39. The first-order valence-electron chi connectivity index (χ1n) is 9.24. The number of rotatable bonds is 7. The second-order valence-electron chi connectivity index (χ2n) is 7.32. The molecule has 0 saturated carbocycles. The lowest BCUT2D eigenvalue weighted by Gasteiger charge is -2.31. The number of piperidine rings is 1. The summed E-state index contributed by atoms with van der Waals surface area (Å²) in [5.41, 5.74) is 1.83. The van der Waals surface area contributed by atoms with Gasteiger partial charge in [0.05, 0.1) is 0 Å².